The summed E-state index contributed by atoms with van der Waals surface area (Å²) < 4.78 is 13.2. The minimum Gasteiger partial charge on any atom is -0.358 e. The Kier molecular flexibility index (Phi) is 2.22. The largest absolute Gasteiger partial charge is 0.358 e. The third-order valence-corrected chi connectivity index (χ3v) is 2.93. The Bertz CT molecular complexity index is 682. The first kappa shape index (κ1) is 10.1. The van der Waals surface area contributed by atoms with Crippen LogP contribution in [0.15, 0.2) is 48.5 Å². The van der Waals surface area contributed by atoms with Gasteiger partial charge in [-0.3, -0.25) is 0 Å². The molecule has 84 valence electrons. The zero-order valence-corrected chi connectivity index (χ0v) is 9.50. The van der Waals surface area contributed by atoms with Crippen LogP contribution >= 0.6 is 0 Å². The summed E-state index contributed by atoms with van der Waals surface area (Å²) in [7, 11) is 0. The SMILES string of the molecule is Cc1cc2cccc(-c3cccc(F)c3)c2[nH]1. The van der Waals surface area contributed by atoms with Gasteiger partial charge in [-0.2, -0.15) is 0 Å². The fourth-order valence-electron chi connectivity index (χ4n) is 2.19. The highest BCUT2D eigenvalue weighted by atomic mass is 19.1. The molecule has 0 amide bonds. The molecule has 0 aliphatic rings. The van der Waals surface area contributed by atoms with Crippen LogP contribution in [0.3, 0.4) is 0 Å². The van der Waals surface area contributed by atoms with Crippen LogP contribution < -0.4 is 0 Å². The molecule has 3 rings (SSSR count). The molecule has 0 aliphatic carbocycles. The van der Waals surface area contributed by atoms with E-state index in [4.69, 9.17) is 0 Å². The molecule has 0 radical (unpaired) electrons. The first-order chi connectivity index (χ1) is 8.24. The molecular weight excluding hydrogens is 213 g/mol. The quantitative estimate of drug-likeness (QED) is 0.636. The third kappa shape index (κ3) is 1.72. The average molecular weight is 225 g/mol. The summed E-state index contributed by atoms with van der Waals surface area (Å²) in [6.45, 7) is 2.02. The Morgan fingerprint density at radius 1 is 1.00 bits per heavy atom. The van der Waals surface area contributed by atoms with Gasteiger partial charge in [0.05, 0.1) is 5.52 Å². The lowest BCUT2D eigenvalue weighted by atomic mass is 10.0. The number of H-pyrrole nitrogens is 1. The van der Waals surface area contributed by atoms with Gasteiger partial charge in [0, 0.05) is 16.6 Å². The van der Waals surface area contributed by atoms with Crippen molar-refractivity contribution in [1.29, 1.82) is 0 Å². The van der Waals surface area contributed by atoms with Gasteiger partial charge in [-0.1, -0.05) is 30.3 Å². The van der Waals surface area contributed by atoms with Crippen LogP contribution in [0.1, 0.15) is 5.69 Å². The summed E-state index contributed by atoms with van der Waals surface area (Å²) in [6.07, 6.45) is 0. The molecule has 0 unspecified atom stereocenters. The van der Waals surface area contributed by atoms with Crippen LogP contribution in [0.25, 0.3) is 22.0 Å². The second-order valence-corrected chi connectivity index (χ2v) is 4.23. The minimum absolute atomic E-state index is 0.206. The highest BCUT2D eigenvalue weighted by Gasteiger charge is 2.06. The average Bonchev–Trinajstić information content (AvgIpc) is 2.68. The molecule has 1 aromatic heterocycles. The minimum atomic E-state index is -0.206. The van der Waals surface area contributed by atoms with Crippen LogP contribution in [0.4, 0.5) is 4.39 Å². The number of benzene rings is 2. The van der Waals surface area contributed by atoms with E-state index in [1.165, 1.54) is 6.07 Å². The molecule has 2 aromatic carbocycles. The van der Waals surface area contributed by atoms with E-state index in [2.05, 4.69) is 17.1 Å². The van der Waals surface area contributed by atoms with E-state index in [0.717, 1.165) is 27.7 Å². The molecule has 17 heavy (non-hydrogen) atoms. The van der Waals surface area contributed by atoms with Crippen molar-refractivity contribution in [3.8, 4) is 11.1 Å². The predicted molar refractivity (Wildman–Crippen MR) is 68.4 cm³/mol. The van der Waals surface area contributed by atoms with Gasteiger partial charge in [-0.15, -0.1) is 0 Å². The number of para-hydroxylation sites is 1. The fraction of sp³-hybridized carbons (Fsp3) is 0.0667. The molecule has 1 heterocycles. The van der Waals surface area contributed by atoms with Gasteiger partial charge in [-0.05, 0) is 30.7 Å². The summed E-state index contributed by atoms with van der Waals surface area (Å²) in [5, 5.41) is 1.16. The van der Waals surface area contributed by atoms with Crippen LogP contribution in [-0.2, 0) is 0 Å². The van der Waals surface area contributed by atoms with Gasteiger partial charge >= 0.3 is 0 Å². The van der Waals surface area contributed by atoms with Crippen molar-refractivity contribution in [1.82, 2.24) is 4.98 Å². The number of nitrogens with one attached hydrogen (secondary N) is 1. The van der Waals surface area contributed by atoms with Crippen LogP contribution in [0, 0.1) is 12.7 Å². The number of fused-ring (bicyclic) bond motifs is 1. The van der Waals surface area contributed by atoms with Crippen LogP contribution in [0.5, 0.6) is 0 Å². The number of rotatable bonds is 1. The predicted octanol–water partition coefficient (Wildman–Crippen LogP) is 4.28. The maximum Gasteiger partial charge on any atom is 0.123 e. The first-order valence-corrected chi connectivity index (χ1v) is 5.58. The third-order valence-electron chi connectivity index (χ3n) is 2.93. The van der Waals surface area contributed by atoms with E-state index in [-0.39, 0.29) is 5.82 Å². The summed E-state index contributed by atoms with van der Waals surface area (Å²) in [5.74, 6) is -0.206. The van der Waals surface area contributed by atoms with E-state index in [1.54, 1.807) is 12.1 Å². The molecule has 0 bridgehead atoms. The monoisotopic (exact) mass is 225 g/mol. The highest BCUT2D eigenvalue weighted by molar-refractivity contribution is 5.94. The highest BCUT2D eigenvalue weighted by Crippen LogP contribution is 2.28. The van der Waals surface area contributed by atoms with E-state index >= 15 is 0 Å². The summed E-state index contributed by atoms with van der Waals surface area (Å²) in [6, 6.07) is 14.8. The molecule has 0 aliphatic heterocycles. The number of aryl methyl sites for hydroxylation is 1. The number of hydrogen-bond acceptors (Lipinski definition) is 0. The molecule has 1 N–H and O–H groups in total. The molecule has 0 saturated carbocycles. The lowest BCUT2D eigenvalue weighted by Gasteiger charge is -2.03. The number of aromatic amines is 1. The second kappa shape index (κ2) is 3.74. The van der Waals surface area contributed by atoms with E-state index in [9.17, 15) is 4.39 Å². The van der Waals surface area contributed by atoms with Crippen molar-refractivity contribution in [2.24, 2.45) is 0 Å². The number of halogens is 1. The number of aromatic nitrogens is 1. The summed E-state index contributed by atoms with van der Waals surface area (Å²) >= 11 is 0. The topological polar surface area (TPSA) is 15.8 Å². The maximum atomic E-state index is 13.2. The standard InChI is InChI=1S/C15H12FN/c1-10-8-12-5-3-7-14(15(12)17-10)11-4-2-6-13(16)9-11/h2-9,17H,1H3. The Hall–Kier alpha value is -2.09. The summed E-state index contributed by atoms with van der Waals surface area (Å²) in [4.78, 5) is 3.32. The second-order valence-electron chi connectivity index (χ2n) is 4.23. The van der Waals surface area contributed by atoms with Gasteiger partial charge in [0.15, 0.2) is 0 Å². The molecule has 0 atom stereocenters. The Morgan fingerprint density at radius 3 is 2.65 bits per heavy atom. The van der Waals surface area contributed by atoms with Crippen molar-refractivity contribution in [2.75, 3.05) is 0 Å². The van der Waals surface area contributed by atoms with Crippen molar-refractivity contribution in [3.05, 3.63) is 60.0 Å². The molecule has 3 aromatic rings. The fourth-order valence-corrected chi connectivity index (χ4v) is 2.19. The van der Waals surface area contributed by atoms with Crippen molar-refractivity contribution >= 4 is 10.9 Å². The van der Waals surface area contributed by atoms with Gasteiger partial charge < -0.3 is 4.98 Å². The molecule has 1 nitrogen and oxygen atoms in total. The van der Waals surface area contributed by atoms with Crippen molar-refractivity contribution in [3.63, 3.8) is 0 Å². The zero-order chi connectivity index (χ0) is 11.8. The van der Waals surface area contributed by atoms with Gasteiger partial charge in [-0.25, -0.2) is 4.39 Å². The summed E-state index contributed by atoms with van der Waals surface area (Å²) in [5.41, 5.74) is 4.12. The smallest absolute Gasteiger partial charge is 0.123 e. The van der Waals surface area contributed by atoms with E-state index in [0.29, 0.717) is 0 Å². The van der Waals surface area contributed by atoms with E-state index < -0.39 is 0 Å². The number of hydrogen-bond donors (Lipinski definition) is 1. The maximum absolute atomic E-state index is 13.2. The Labute approximate surface area is 98.9 Å². The molecule has 0 fully saturated rings. The molecule has 0 saturated heterocycles. The van der Waals surface area contributed by atoms with Crippen LogP contribution in [0.2, 0.25) is 0 Å². The lowest BCUT2D eigenvalue weighted by molar-refractivity contribution is 0.628. The lowest BCUT2D eigenvalue weighted by Crippen LogP contribution is -1.82. The van der Waals surface area contributed by atoms with Crippen LogP contribution in [-0.4, -0.2) is 4.98 Å². The Morgan fingerprint density at radius 2 is 1.82 bits per heavy atom. The van der Waals surface area contributed by atoms with E-state index in [1.807, 2.05) is 25.1 Å². The van der Waals surface area contributed by atoms with Gasteiger partial charge in [0.2, 0.25) is 0 Å². The van der Waals surface area contributed by atoms with Crippen molar-refractivity contribution < 1.29 is 4.39 Å². The zero-order valence-electron chi connectivity index (χ0n) is 9.50. The Balaban J connectivity index is 2.30. The molecule has 0 spiro atoms. The van der Waals surface area contributed by atoms with Crippen molar-refractivity contribution in [2.45, 2.75) is 6.92 Å². The van der Waals surface area contributed by atoms with Gasteiger partial charge in [0.25, 0.3) is 0 Å². The van der Waals surface area contributed by atoms with Gasteiger partial charge in [0.1, 0.15) is 5.82 Å². The molecule has 2 heteroatoms. The first-order valence-electron chi connectivity index (χ1n) is 5.58. The molecular formula is C15H12FN. The normalized spacial score (nSPS) is 10.9.